The van der Waals surface area contributed by atoms with Crippen LogP contribution in [0.25, 0.3) is 44.4 Å². The Labute approximate surface area is 290 Å². The summed E-state index contributed by atoms with van der Waals surface area (Å²) in [6.07, 6.45) is 4.05. The van der Waals surface area contributed by atoms with Crippen LogP contribution in [0, 0.1) is 45.7 Å². The Kier molecular flexibility index (Phi) is 9.19. The first-order valence-electron chi connectivity index (χ1n) is 16.0. The van der Waals surface area contributed by atoms with Crippen molar-refractivity contribution >= 4 is 21.8 Å². The van der Waals surface area contributed by atoms with Gasteiger partial charge in [-0.1, -0.05) is 55.8 Å². The molecule has 7 rings (SSSR count). The van der Waals surface area contributed by atoms with E-state index < -0.39 is 0 Å². The molecule has 0 bridgehead atoms. The molecule has 0 radical (unpaired) electrons. The second-order valence-corrected chi connectivity index (χ2v) is 12.6. The number of ether oxygens (including phenoxy) is 1. The molecule has 0 N–H and O–H groups in total. The summed E-state index contributed by atoms with van der Waals surface area (Å²) in [4.78, 5) is 4.70. The van der Waals surface area contributed by atoms with Gasteiger partial charge in [0.25, 0.3) is 0 Å². The van der Waals surface area contributed by atoms with E-state index in [0.717, 1.165) is 63.1 Å². The Morgan fingerprint density at radius 2 is 1.57 bits per heavy atom. The van der Waals surface area contributed by atoms with E-state index in [1.54, 1.807) is 0 Å². The van der Waals surface area contributed by atoms with Gasteiger partial charge < -0.3 is 9.30 Å². The maximum atomic E-state index is 6.43. The number of hydrogen-bond acceptors (Lipinski definition) is 3. The van der Waals surface area contributed by atoms with Crippen LogP contribution >= 0.6 is 0 Å². The van der Waals surface area contributed by atoms with Crippen molar-refractivity contribution in [3.63, 3.8) is 0 Å². The zero-order valence-corrected chi connectivity index (χ0v) is 29.2. The molecule has 47 heavy (non-hydrogen) atoms. The Morgan fingerprint density at radius 1 is 0.787 bits per heavy atom. The van der Waals surface area contributed by atoms with E-state index in [1.165, 1.54) is 22.3 Å². The van der Waals surface area contributed by atoms with Crippen LogP contribution in [0.15, 0.2) is 91.1 Å². The SMILES string of the molecule is Cc1ccnc(-n2c3[c-]c(Oc4[c-]c(-n5nc(C)c(-c6c(C)cccc6CCC(C)C)c5C)ccc4)ccc3c3ccccc32)c1.[Pd+2]. The predicted octanol–water partition coefficient (Wildman–Crippen LogP) is 10.2. The van der Waals surface area contributed by atoms with E-state index in [0.29, 0.717) is 17.4 Å². The summed E-state index contributed by atoms with van der Waals surface area (Å²) in [5, 5.41) is 7.26. The molecule has 0 unspecified atom stereocenters. The summed E-state index contributed by atoms with van der Waals surface area (Å²) in [5.41, 5.74) is 11.2. The first-order chi connectivity index (χ1) is 22.3. The molecule has 0 spiro atoms. The van der Waals surface area contributed by atoms with Crippen LogP contribution in [0.1, 0.15) is 48.3 Å². The normalized spacial score (nSPS) is 11.4. The molecule has 0 saturated carbocycles. The van der Waals surface area contributed by atoms with Gasteiger partial charge in [-0.05, 0) is 98.0 Å². The molecule has 0 atom stereocenters. The fourth-order valence-corrected chi connectivity index (χ4v) is 6.53. The molecule has 0 aliphatic carbocycles. The fourth-order valence-electron chi connectivity index (χ4n) is 6.53. The molecule has 0 fully saturated rings. The second-order valence-electron chi connectivity index (χ2n) is 12.6. The van der Waals surface area contributed by atoms with Gasteiger partial charge in [0.15, 0.2) is 0 Å². The van der Waals surface area contributed by atoms with Gasteiger partial charge in [-0.2, -0.15) is 17.2 Å². The maximum absolute atomic E-state index is 6.43. The minimum absolute atomic E-state index is 0. The van der Waals surface area contributed by atoms with Crippen molar-refractivity contribution < 1.29 is 25.2 Å². The maximum Gasteiger partial charge on any atom is 2.00 e. The standard InChI is InChI=1S/C41H38N4O.Pd/c1-26(2)17-18-31-12-9-11-28(4)40(31)41-29(5)43-45(30(41)6)32-13-10-14-33(24-32)46-34-19-20-36-35-15-7-8-16-37(35)44(38(36)25-34)39-23-27(3)21-22-42-39;/h7-16,19-23,26H,17-18H2,1-6H3;/q-2;+2. The monoisotopic (exact) mass is 708 g/mol. The number of fused-ring (bicyclic) bond motifs is 3. The van der Waals surface area contributed by atoms with E-state index in [1.807, 2.05) is 41.2 Å². The quantitative estimate of drug-likeness (QED) is 0.117. The van der Waals surface area contributed by atoms with Crippen molar-refractivity contribution in [2.24, 2.45) is 5.92 Å². The first-order valence-corrected chi connectivity index (χ1v) is 16.0. The van der Waals surface area contributed by atoms with Crippen molar-refractivity contribution in [2.75, 3.05) is 0 Å². The number of rotatable bonds is 8. The minimum Gasteiger partial charge on any atom is -0.509 e. The molecule has 6 heteroatoms. The number of nitrogens with zero attached hydrogens (tertiary/aromatic N) is 4. The number of aromatic nitrogens is 4. The van der Waals surface area contributed by atoms with Crippen LogP contribution in [-0.2, 0) is 26.8 Å². The van der Waals surface area contributed by atoms with E-state index in [-0.39, 0.29) is 20.4 Å². The zero-order valence-electron chi connectivity index (χ0n) is 27.7. The van der Waals surface area contributed by atoms with Gasteiger partial charge in [0.05, 0.1) is 5.69 Å². The third-order valence-corrected chi connectivity index (χ3v) is 8.78. The number of pyridine rings is 1. The van der Waals surface area contributed by atoms with Crippen molar-refractivity contribution in [1.82, 2.24) is 19.3 Å². The molecule has 238 valence electrons. The zero-order chi connectivity index (χ0) is 31.9. The number of hydrogen-bond donors (Lipinski definition) is 0. The minimum atomic E-state index is 0. The molecular weight excluding hydrogens is 671 g/mol. The molecule has 3 aromatic heterocycles. The molecule has 0 amide bonds. The average Bonchev–Trinajstić information content (AvgIpc) is 3.53. The Balaban J connectivity index is 0.00000386. The van der Waals surface area contributed by atoms with Crippen LogP contribution in [0.2, 0.25) is 0 Å². The van der Waals surface area contributed by atoms with E-state index in [2.05, 4.69) is 113 Å². The summed E-state index contributed by atoms with van der Waals surface area (Å²) >= 11 is 0. The Bertz CT molecular complexity index is 2230. The van der Waals surface area contributed by atoms with Crippen LogP contribution in [0.3, 0.4) is 0 Å². The van der Waals surface area contributed by atoms with Gasteiger partial charge in [0, 0.05) is 34.5 Å². The third-order valence-electron chi connectivity index (χ3n) is 8.78. The second kappa shape index (κ2) is 13.3. The molecule has 7 aromatic rings. The number of aryl methyl sites for hydroxylation is 4. The smallest absolute Gasteiger partial charge is 0.509 e. The summed E-state index contributed by atoms with van der Waals surface area (Å²) in [6.45, 7) is 13.1. The van der Waals surface area contributed by atoms with E-state index in [9.17, 15) is 0 Å². The van der Waals surface area contributed by atoms with Crippen molar-refractivity contribution in [3.8, 4) is 34.1 Å². The van der Waals surface area contributed by atoms with Crippen molar-refractivity contribution in [2.45, 2.75) is 54.4 Å². The molecule has 3 heterocycles. The summed E-state index contributed by atoms with van der Waals surface area (Å²) in [6, 6.07) is 36.2. The van der Waals surface area contributed by atoms with Gasteiger partial charge in [0.1, 0.15) is 5.82 Å². The first kappa shape index (κ1) is 32.4. The molecule has 4 aromatic carbocycles. The Morgan fingerprint density at radius 3 is 2.38 bits per heavy atom. The van der Waals surface area contributed by atoms with Gasteiger partial charge >= 0.3 is 20.4 Å². The van der Waals surface area contributed by atoms with Crippen LogP contribution < -0.4 is 4.74 Å². The van der Waals surface area contributed by atoms with Crippen LogP contribution in [0.5, 0.6) is 11.5 Å². The van der Waals surface area contributed by atoms with Crippen molar-refractivity contribution in [1.29, 1.82) is 0 Å². The topological polar surface area (TPSA) is 44.9 Å². The molecular formula is C41H38N4OPd. The fraction of sp³-hybridized carbons (Fsp3) is 0.220. The van der Waals surface area contributed by atoms with Crippen LogP contribution in [-0.4, -0.2) is 19.3 Å². The molecule has 0 aliphatic rings. The molecule has 5 nitrogen and oxygen atoms in total. The predicted molar refractivity (Wildman–Crippen MR) is 187 cm³/mol. The average molecular weight is 709 g/mol. The molecule has 0 aliphatic heterocycles. The van der Waals surface area contributed by atoms with Gasteiger partial charge in [-0.3, -0.25) is 4.68 Å². The van der Waals surface area contributed by atoms with E-state index >= 15 is 0 Å². The summed E-state index contributed by atoms with van der Waals surface area (Å²) in [5.74, 6) is 2.72. The largest absolute Gasteiger partial charge is 2.00 e. The number of benzene rings is 4. The Hall–Kier alpha value is -4.50. The van der Waals surface area contributed by atoms with Gasteiger partial charge in [-0.25, -0.2) is 4.98 Å². The van der Waals surface area contributed by atoms with Gasteiger partial charge in [0.2, 0.25) is 0 Å². The van der Waals surface area contributed by atoms with E-state index in [4.69, 9.17) is 14.8 Å². The summed E-state index contributed by atoms with van der Waals surface area (Å²) in [7, 11) is 0. The number of para-hydroxylation sites is 1. The van der Waals surface area contributed by atoms with Crippen LogP contribution in [0.4, 0.5) is 0 Å². The third kappa shape index (κ3) is 6.16. The van der Waals surface area contributed by atoms with Gasteiger partial charge in [-0.15, -0.1) is 35.7 Å². The molecule has 0 saturated heterocycles. The summed E-state index contributed by atoms with van der Waals surface area (Å²) < 4.78 is 10.6. The van der Waals surface area contributed by atoms with Crippen molar-refractivity contribution in [3.05, 3.63) is 131 Å².